The van der Waals surface area contributed by atoms with E-state index < -0.39 is 0 Å². The van der Waals surface area contributed by atoms with E-state index >= 15 is 0 Å². The number of hydrogen-bond acceptors (Lipinski definition) is 3. The zero-order valence-electron chi connectivity index (χ0n) is 13.2. The highest BCUT2D eigenvalue weighted by molar-refractivity contribution is 7.12. The lowest BCUT2D eigenvalue weighted by Gasteiger charge is -2.27. The fraction of sp³-hybridized carbons (Fsp3) is 0.316. The van der Waals surface area contributed by atoms with Gasteiger partial charge >= 0.3 is 0 Å². The molecular formula is C19H20ClNOS. The Morgan fingerprint density at radius 3 is 2.57 bits per heavy atom. The van der Waals surface area contributed by atoms with Crippen molar-refractivity contribution in [3.05, 3.63) is 62.9 Å². The van der Waals surface area contributed by atoms with Crippen molar-refractivity contribution in [1.82, 2.24) is 4.90 Å². The van der Waals surface area contributed by atoms with Crippen molar-refractivity contribution in [3.8, 4) is 0 Å². The number of nitrogens with zero attached hydrogens (tertiary/aromatic N) is 1. The number of halogens is 1. The molecule has 0 spiro atoms. The number of carbonyl (C=O) groups excluding carboxylic acids is 1. The topological polar surface area (TPSA) is 20.3 Å². The first-order valence-electron chi connectivity index (χ1n) is 7.84. The van der Waals surface area contributed by atoms with E-state index in [-0.39, 0.29) is 18.2 Å². The second-order valence-corrected chi connectivity index (χ2v) is 7.12. The Morgan fingerprint density at radius 2 is 1.78 bits per heavy atom. The standard InChI is InChI=1S/C19H19NOS.ClH/c1-20-9-6-13(7-10-20)18-15-5-3-2-4-14(15)12-17(21)19-16(18)8-11-22-19;/h2-5,8,11H,6-7,9-10,12H2,1H3;1H. The van der Waals surface area contributed by atoms with Gasteiger partial charge in [0.1, 0.15) is 0 Å². The highest BCUT2D eigenvalue weighted by Gasteiger charge is 2.27. The molecule has 23 heavy (non-hydrogen) atoms. The minimum Gasteiger partial charge on any atom is -0.306 e. The Bertz CT molecular complexity index is 767. The van der Waals surface area contributed by atoms with Gasteiger partial charge in [0.05, 0.1) is 4.88 Å². The summed E-state index contributed by atoms with van der Waals surface area (Å²) in [6, 6.07) is 10.6. The Kier molecular flexibility index (Phi) is 4.72. The second kappa shape index (κ2) is 6.60. The van der Waals surface area contributed by atoms with Gasteiger partial charge < -0.3 is 4.90 Å². The summed E-state index contributed by atoms with van der Waals surface area (Å²) in [5.41, 5.74) is 6.47. The molecule has 1 aliphatic heterocycles. The van der Waals surface area contributed by atoms with Crippen LogP contribution in [0.25, 0.3) is 5.57 Å². The molecule has 2 aliphatic rings. The van der Waals surface area contributed by atoms with Crippen LogP contribution in [0, 0.1) is 0 Å². The Balaban J connectivity index is 0.00000156. The number of piperidine rings is 1. The maximum atomic E-state index is 12.6. The van der Waals surface area contributed by atoms with E-state index in [1.54, 1.807) is 11.3 Å². The third kappa shape index (κ3) is 2.89. The number of benzene rings is 1. The molecule has 0 bridgehead atoms. The summed E-state index contributed by atoms with van der Waals surface area (Å²) in [5.74, 6) is 0.265. The van der Waals surface area contributed by atoms with Crippen LogP contribution in [0.4, 0.5) is 0 Å². The van der Waals surface area contributed by atoms with Gasteiger partial charge in [-0.2, -0.15) is 0 Å². The molecule has 1 saturated heterocycles. The Labute approximate surface area is 147 Å². The lowest BCUT2D eigenvalue weighted by atomic mass is 9.88. The molecule has 120 valence electrons. The number of Topliss-reactive ketones (excluding diaryl/α,β-unsaturated/α-hetero) is 1. The summed E-state index contributed by atoms with van der Waals surface area (Å²) in [5, 5.41) is 2.06. The van der Waals surface area contributed by atoms with Gasteiger partial charge in [-0.05, 0) is 48.0 Å². The molecule has 0 atom stereocenters. The lowest BCUT2D eigenvalue weighted by molar-refractivity contribution is 0.0997. The van der Waals surface area contributed by atoms with E-state index in [1.807, 2.05) is 6.07 Å². The van der Waals surface area contributed by atoms with Crippen LogP contribution in [0.5, 0.6) is 0 Å². The van der Waals surface area contributed by atoms with Gasteiger partial charge in [-0.1, -0.05) is 29.8 Å². The van der Waals surface area contributed by atoms with E-state index in [1.165, 1.54) is 27.8 Å². The largest absolute Gasteiger partial charge is 0.306 e. The van der Waals surface area contributed by atoms with E-state index in [0.29, 0.717) is 6.42 Å². The van der Waals surface area contributed by atoms with Crippen LogP contribution < -0.4 is 0 Å². The van der Waals surface area contributed by atoms with Crippen LogP contribution in [0.1, 0.15) is 39.2 Å². The smallest absolute Gasteiger partial charge is 0.177 e. The molecule has 1 aromatic heterocycles. The van der Waals surface area contributed by atoms with Crippen LogP contribution in [0.2, 0.25) is 0 Å². The Morgan fingerprint density at radius 1 is 1.04 bits per heavy atom. The molecule has 0 radical (unpaired) electrons. The van der Waals surface area contributed by atoms with Crippen LogP contribution in [-0.4, -0.2) is 30.8 Å². The van der Waals surface area contributed by atoms with Crippen LogP contribution >= 0.6 is 23.7 Å². The zero-order chi connectivity index (χ0) is 15.1. The number of carbonyl (C=O) groups is 1. The second-order valence-electron chi connectivity index (χ2n) is 6.20. The molecule has 1 aliphatic carbocycles. The number of rotatable bonds is 0. The highest BCUT2D eigenvalue weighted by atomic mass is 35.5. The van der Waals surface area contributed by atoms with E-state index in [2.05, 4.69) is 41.6 Å². The maximum Gasteiger partial charge on any atom is 0.177 e. The SMILES string of the molecule is CN1CCC(=C2c3ccccc3CC(=O)c3sccc32)CC1.Cl. The molecule has 2 nitrogen and oxygen atoms in total. The molecular weight excluding hydrogens is 326 g/mol. The van der Waals surface area contributed by atoms with Crippen molar-refractivity contribution in [2.75, 3.05) is 20.1 Å². The van der Waals surface area contributed by atoms with Gasteiger partial charge in [-0.15, -0.1) is 23.7 Å². The van der Waals surface area contributed by atoms with Crippen LogP contribution in [0.3, 0.4) is 0 Å². The van der Waals surface area contributed by atoms with Crippen LogP contribution in [0.15, 0.2) is 41.3 Å². The molecule has 0 saturated carbocycles. The average molecular weight is 346 g/mol. The third-order valence-electron chi connectivity index (χ3n) is 4.77. The van der Waals surface area contributed by atoms with Crippen molar-refractivity contribution in [2.45, 2.75) is 19.3 Å². The number of fused-ring (bicyclic) bond motifs is 2. The number of thiophene rings is 1. The fourth-order valence-electron chi connectivity index (χ4n) is 3.56. The summed E-state index contributed by atoms with van der Waals surface area (Å²) in [6.07, 6.45) is 2.73. The minimum absolute atomic E-state index is 0. The normalized spacial score (nSPS) is 18.0. The third-order valence-corrected chi connectivity index (χ3v) is 5.73. The highest BCUT2D eigenvalue weighted by Crippen LogP contribution is 2.40. The van der Waals surface area contributed by atoms with Gasteiger partial charge in [0, 0.05) is 25.1 Å². The van der Waals surface area contributed by atoms with Gasteiger partial charge in [0.2, 0.25) is 0 Å². The van der Waals surface area contributed by atoms with Crippen molar-refractivity contribution >= 4 is 35.1 Å². The van der Waals surface area contributed by atoms with Gasteiger partial charge in [0.15, 0.2) is 5.78 Å². The predicted molar refractivity (Wildman–Crippen MR) is 98.8 cm³/mol. The molecule has 4 heteroatoms. The maximum absolute atomic E-state index is 12.6. The fourth-order valence-corrected chi connectivity index (χ4v) is 4.40. The van der Waals surface area contributed by atoms with E-state index in [4.69, 9.17) is 0 Å². The average Bonchev–Trinajstić information content (AvgIpc) is 2.96. The van der Waals surface area contributed by atoms with Gasteiger partial charge in [-0.3, -0.25) is 4.79 Å². The molecule has 0 amide bonds. The van der Waals surface area contributed by atoms with Crippen molar-refractivity contribution in [2.24, 2.45) is 0 Å². The Hall–Kier alpha value is -1.42. The molecule has 0 unspecified atom stereocenters. The first-order valence-corrected chi connectivity index (χ1v) is 8.72. The molecule has 4 rings (SSSR count). The first-order chi connectivity index (χ1) is 10.7. The minimum atomic E-state index is 0. The monoisotopic (exact) mass is 345 g/mol. The van der Waals surface area contributed by atoms with Crippen LogP contribution in [-0.2, 0) is 6.42 Å². The van der Waals surface area contributed by atoms with Gasteiger partial charge in [0.25, 0.3) is 0 Å². The summed E-state index contributed by atoms with van der Waals surface area (Å²) >= 11 is 1.59. The molecule has 1 aromatic carbocycles. The quantitative estimate of drug-likeness (QED) is 0.703. The molecule has 0 N–H and O–H groups in total. The van der Waals surface area contributed by atoms with E-state index in [0.717, 1.165) is 30.8 Å². The first kappa shape index (κ1) is 16.4. The van der Waals surface area contributed by atoms with Crippen molar-refractivity contribution in [3.63, 3.8) is 0 Å². The summed E-state index contributed by atoms with van der Waals surface area (Å²) in [6.45, 7) is 2.21. The number of likely N-dealkylation sites (tertiary alicyclic amines) is 1. The summed E-state index contributed by atoms with van der Waals surface area (Å²) in [4.78, 5) is 15.9. The predicted octanol–water partition coefficient (Wildman–Crippen LogP) is 4.44. The van der Waals surface area contributed by atoms with Crippen molar-refractivity contribution < 1.29 is 4.79 Å². The number of hydrogen-bond donors (Lipinski definition) is 0. The number of ketones is 1. The zero-order valence-corrected chi connectivity index (χ0v) is 14.8. The summed E-state index contributed by atoms with van der Waals surface area (Å²) in [7, 11) is 2.18. The molecule has 2 heterocycles. The van der Waals surface area contributed by atoms with E-state index in [9.17, 15) is 4.79 Å². The van der Waals surface area contributed by atoms with Crippen molar-refractivity contribution in [1.29, 1.82) is 0 Å². The van der Waals surface area contributed by atoms with Gasteiger partial charge in [-0.25, -0.2) is 0 Å². The lowest BCUT2D eigenvalue weighted by Crippen LogP contribution is -2.27. The summed E-state index contributed by atoms with van der Waals surface area (Å²) < 4.78 is 0. The molecule has 2 aromatic rings. The molecule has 1 fully saturated rings.